The molecule has 1 saturated heterocycles. The predicted molar refractivity (Wildman–Crippen MR) is 131 cm³/mol. The maximum absolute atomic E-state index is 5.52. The van der Waals surface area contributed by atoms with Crippen LogP contribution >= 0.6 is 24.0 Å². The van der Waals surface area contributed by atoms with Crippen molar-refractivity contribution in [3.8, 4) is 17.2 Å². The van der Waals surface area contributed by atoms with E-state index in [4.69, 9.17) is 18.9 Å². The van der Waals surface area contributed by atoms with Crippen LogP contribution in [0.4, 0.5) is 0 Å². The van der Waals surface area contributed by atoms with Crippen molar-refractivity contribution < 1.29 is 18.9 Å². The summed E-state index contributed by atoms with van der Waals surface area (Å²) in [6.45, 7) is 9.47. The fourth-order valence-corrected chi connectivity index (χ4v) is 3.43. The third kappa shape index (κ3) is 7.35. The number of ether oxygens (including phenoxy) is 4. The fraction of sp³-hybridized carbons (Fsp3) is 0.667. The SMILES string of the molecule is CN=C(NCCc1c(OC)cc(OC)cc1OC)NCC(C)(C)N1CCOCC1.I. The molecule has 30 heavy (non-hydrogen) atoms. The van der Waals surface area contributed by atoms with E-state index in [2.05, 4.69) is 34.4 Å². The fourth-order valence-electron chi connectivity index (χ4n) is 3.43. The molecule has 0 aliphatic carbocycles. The largest absolute Gasteiger partial charge is 0.496 e. The van der Waals surface area contributed by atoms with Gasteiger partial charge in [-0.2, -0.15) is 0 Å². The second-order valence-corrected chi connectivity index (χ2v) is 7.52. The highest BCUT2D eigenvalue weighted by Crippen LogP contribution is 2.34. The topological polar surface area (TPSA) is 76.6 Å². The highest BCUT2D eigenvalue weighted by Gasteiger charge is 2.28. The van der Waals surface area contributed by atoms with E-state index in [1.807, 2.05) is 12.1 Å². The Kier molecular flexibility index (Phi) is 11.6. The molecule has 8 nitrogen and oxygen atoms in total. The van der Waals surface area contributed by atoms with Gasteiger partial charge in [0.2, 0.25) is 0 Å². The minimum atomic E-state index is 0. The first kappa shape index (κ1) is 26.6. The molecule has 0 aromatic heterocycles. The summed E-state index contributed by atoms with van der Waals surface area (Å²) in [5.41, 5.74) is 1.01. The van der Waals surface area contributed by atoms with Crippen LogP contribution in [0.2, 0.25) is 0 Å². The molecule has 1 aromatic carbocycles. The lowest BCUT2D eigenvalue weighted by Gasteiger charge is -2.41. The van der Waals surface area contributed by atoms with Crippen LogP contribution in [0, 0.1) is 0 Å². The standard InChI is InChI=1S/C21H36N4O4.HI/c1-21(2,25-9-11-29-12-10-25)15-24-20(22-3)23-8-7-17-18(27-5)13-16(26-4)14-19(17)28-6;/h13-14H,7-12,15H2,1-6H3,(H2,22,23,24);1H. The number of nitrogens with zero attached hydrogens (tertiary/aromatic N) is 2. The van der Waals surface area contributed by atoms with Crippen molar-refractivity contribution in [1.82, 2.24) is 15.5 Å². The van der Waals surface area contributed by atoms with E-state index in [0.717, 1.165) is 62.3 Å². The molecule has 1 aromatic rings. The number of benzene rings is 1. The molecular weight excluding hydrogens is 499 g/mol. The van der Waals surface area contributed by atoms with Crippen molar-refractivity contribution in [3.63, 3.8) is 0 Å². The van der Waals surface area contributed by atoms with Gasteiger partial charge in [0.15, 0.2) is 5.96 Å². The molecule has 1 fully saturated rings. The van der Waals surface area contributed by atoms with Gasteiger partial charge in [0.25, 0.3) is 0 Å². The lowest BCUT2D eigenvalue weighted by atomic mass is 10.0. The summed E-state index contributed by atoms with van der Waals surface area (Å²) in [7, 11) is 6.72. The summed E-state index contributed by atoms with van der Waals surface area (Å²) < 4.78 is 21.8. The smallest absolute Gasteiger partial charge is 0.191 e. The Morgan fingerprint density at radius 1 is 1.07 bits per heavy atom. The van der Waals surface area contributed by atoms with Crippen molar-refractivity contribution in [2.75, 3.05) is 67.8 Å². The number of hydrogen-bond donors (Lipinski definition) is 2. The van der Waals surface area contributed by atoms with Gasteiger partial charge in [-0.05, 0) is 20.3 Å². The monoisotopic (exact) mass is 536 g/mol. The highest BCUT2D eigenvalue weighted by atomic mass is 127. The molecule has 1 aliphatic heterocycles. The second kappa shape index (κ2) is 13.1. The van der Waals surface area contributed by atoms with Crippen LogP contribution in [0.5, 0.6) is 17.2 Å². The lowest BCUT2D eigenvalue weighted by molar-refractivity contribution is -0.00833. The first-order valence-corrected chi connectivity index (χ1v) is 10.0. The number of methoxy groups -OCH3 is 3. The molecule has 0 unspecified atom stereocenters. The Balaban J connectivity index is 0.00000450. The average Bonchev–Trinajstić information content (AvgIpc) is 2.76. The minimum Gasteiger partial charge on any atom is -0.496 e. The van der Waals surface area contributed by atoms with E-state index in [9.17, 15) is 0 Å². The van der Waals surface area contributed by atoms with Crippen molar-refractivity contribution in [2.24, 2.45) is 4.99 Å². The van der Waals surface area contributed by atoms with Crippen LogP contribution in [0.15, 0.2) is 17.1 Å². The van der Waals surface area contributed by atoms with Gasteiger partial charge in [0, 0.05) is 56.5 Å². The minimum absolute atomic E-state index is 0. The molecule has 0 atom stereocenters. The van der Waals surface area contributed by atoms with E-state index in [0.29, 0.717) is 12.3 Å². The molecule has 0 bridgehead atoms. The molecule has 172 valence electrons. The van der Waals surface area contributed by atoms with Crippen LogP contribution in [0.3, 0.4) is 0 Å². The molecule has 0 saturated carbocycles. The van der Waals surface area contributed by atoms with Crippen LogP contribution in [-0.4, -0.2) is 84.2 Å². The molecule has 9 heteroatoms. The summed E-state index contributed by atoms with van der Waals surface area (Å²) in [5.74, 6) is 2.98. The van der Waals surface area contributed by atoms with E-state index in [-0.39, 0.29) is 29.5 Å². The summed E-state index contributed by atoms with van der Waals surface area (Å²) in [4.78, 5) is 6.80. The van der Waals surface area contributed by atoms with Crippen LogP contribution in [0.1, 0.15) is 19.4 Å². The molecule has 0 amide bonds. The number of hydrogen-bond acceptors (Lipinski definition) is 6. The van der Waals surface area contributed by atoms with E-state index < -0.39 is 0 Å². The Labute approximate surface area is 197 Å². The highest BCUT2D eigenvalue weighted by molar-refractivity contribution is 14.0. The number of nitrogens with one attached hydrogen (secondary N) is 2. The molecule has 0 radical (unpaired) electrons. The maximum Gasteiger partial charge on any atom is 0.191 e. The summed E-state index contributed by atoms with van der Waals surface area (Å²) >= 11 is 0. The molecule has 2 N–H and O–H groups in total. The van der Waals surface area contributed by atoms with Crippen molar-refractivity contribution in [2.45, 2.75) is 25.8 Å². The zero-order chi connectivity index (χ0) is 21.3. The van der Waals surface area contributed by atoms with Gasteiger partial charge in [-0.3, -0.25) is 9.89 Å². The Bertz CT molecular complexity index is 654. The average molecular weight is 536 g/mol. The molecule has 2 rings (SSSR count). The van der Waals surface area contributed by atoms with Gasteiger partial charge in [0.1, 0.15) is 17.2 Å². The number of aliphatic imine (C=N–C) groups is 1. The molecule has 1 heterocycles. The van der Waals surface area contributed by atoms with E-state index in [1.165, 1.54) is 0 Å². The van der Waals surface area contributed by atoms with Crippen LogP contribution < -0.4 is 24.8 Å². The summed E-state index contributed by atoms with van der Waals surface area (Å²) in [5, 5.41) is 6.82. The number of rotatable bonds is 9. The predicted octanol–water partition coefficient (Wildman–Crippen LogP) is 2.15. The summed E-state index contributed by atoms with van der Waals surface area (Å²) in [6.07, 6.45) is 0.726. The molecule has 0 spiro atoms. The Hall–Kier alpha value is -1.46. The van der Waals surface area contributed by atoms with E-state index >= 15 is 0 Å². The van der Waals surface area contributed by atoms with Crippen molar-refractivity contribution in [1.29, 1.82) is 0 Å². The first-order valence-electron chi connectivity index (χ1n) is 10.0. The molecule has 1 aliphatic rings. The Morgan fingerprint density at radius 3 is 2.17 bits per heavy atom. The maximum atomic E-state index is 5.52. The number of halogens is 1. The Morgan fingerprint density at radius 2 is 1.67 bits per heavy atom. The zero-order valence-electron chi connectivity index (χ0n) is 19.0. The van der Waals surface area contributed by atoms with Gasteiger partial charge >= 0.3 is 0 Å². The third-order valence-electron chi connectivity index (χ3n) is 5.26. The second-order valence-electron chi connectivity index (χ2n) is 7.52. The van der Waals surface area contributed by atoms with Gasteiger partial charge in [-0.1, -0.05) is 0 Å². The van der Waals surface area contributed by atoms with Gasteiger partial charge in [-0.15, -0.1) is 24.0 Å². The summed E-state index contributed by atoms with van der Waals surface area (Å²) in [6, 6.07) is 3.74. The number of morpholine rings is 1. The number of guanidine groups is 1. The van der Waals surface area contributed by atoms with Crippen LogP contribution in [-0.2, 0) is 11.2 Å². The third-order valence-corrected chi connectivity index (χ3v) is 5.26. The van der Waals surface area contributed by atoms with E-state index in [1.54, 1.807) is 28.4 Å². The van der Waals surface area contributed by atoms with Crippen molar-refractivity contribution in [3.05, 3.63) is 17.7 Å². The first-order chi connectivity index (χ1) is 13.9. The quantitative estimate of drug-likeness (QED) is 0.285. The van der Waals surface area contributed by atoms with Crippen LogP contribution in [0.25, 0.3) is 0 Å². The van der Waals surface area contributed by atoms with Gasteiger partial charge < -0.3 is 29.6 Å². The molecular formula is C21H37IN4O4. The normalized spacial score (nSPS) is 15.2. The van der Waals surface area contributed by atoms with Gasteiger partial charge in [0.05, 0.1) is 34.5 Å². The lowest BCUT2D eigenvalue weighted by Crippen LogP contribution is -2.56. The zero-order valence-corrected chi connectivity index (χ0v) is 21.4. The van der Waals surface area contributed by atoms with Gasteiger partial charge in [-0.25, -0.2) is 0 Å². The van der Waals surface area contributed by atoms with Crippen molar-refractivity contribution >= 4 is 29.9 Å².